The number of hydrogen-bond donors (Lipinski definition) is 1. The van der Waals surface area contributed by atoms with Crippen molar-refractivity contribution in [3.05, 3.63) is 75.5 Å². The van der Waals surface area contributed by atoms with Crippen molar-refractivity contribution in [2.75, 3.05) is 7.11 Å². The van der Waals surface area contributed by atoms with Crippen LogP contribution >= 0.6 is 0 Å². The first-order valence-electron chi connectivity index (χ1n) is 12.1. The van der Waals surface area contributed by atoms with Crippen LogP contribution in [0.4, 0.5) is 4.39 Å². The van der Waals surface area contributed by atoms with Crippen LogP contribution < -0.4 is 15.0 Å². The minimum Gasteiger partial charge on any atom is -0.489 e. The van der Waals surface area contributed by atoms with Crippen LogP contribution in [0.2, 0.25) is 0 Å². The van der Waals surface area contributed by atoms with Crippen molar-refractivity contribution in [1.29, 1.82) is 0 Å². The van der Waals surface area contributed by atoms with E-state index in [1.54, 1.807) is 59.1 Å². The van der Waals surface area contributed by atoms with E-state index in [-0.39, 0.29) is 29.4 Å². The SMILES string of the molecule is COC(=O)C1CC(Oc2cc(=O)n(C)cc2-c2cc(C(C)(C)O)ccc2Oc2c(C)cc(F)cc2C)C1. The number of benzene rings is 2. The molecule has 7 nitrogen and oxygen atoms in total. The second-order valence-corrected chi connectivity index (χ2v) is 10.2. The molecule has 0 amide bonds. The van der Waals surface area contributed by atoms with Crippen molar-refractivity contribution in [2.45, 2.75) is 52.2 Å². The van der Waals surface area contributed by atoms with Gasteiger partial charge in [0.1, 0.15) is 29.2 Å². The van der Waals surface area contributed by atoms with Gasteiger partial charge in [0.2, 0.25) is 0 Å². The fourth-order valence-electron chi connectivity index (χ4n) is 4.49. The van der Waals surface area contributed by atoms with Crippen molar-refractivity contribution >= 4 is 5.97 Å². The number of halogens is 1. The Balaban J connectivity index is 1.81. The number of aromatic nitrogens is 1. The maximum Gasteiger partial charge on any atom is 0.308 e. The minimum absolute atomic E-state index is 0.230. The molecule has 0 bridgehead atoms. The molecule has 3 aromatic rings. The summed E-state index contributed by atoms with van der Waals surface area (Å²) in [6.07, 6.45) is 2.39. The fourth-order valence-corrected chi connectivity index (χ4v) is 4.49. The Kier molecular flexibility index (Phi) is 7.15. The van der Waals surface area contributed by atoms with Crippen molar-refractivity contribution < 1.29 is 28.5 Å². The van der Waals surface area contributed by atoms with E-state index in [9.17, 15) is 19.1 Å². The van der Waals surface area contributed by atoms with Gasteiger partial charge in [-0.25, -0.2) is 4.39 Å². The van der Waals surface area contributed by atoms with E-state index >= 15 is 0 Å². The third kappa shape index (κ3) is 5.54. The molecule has 0 radical (unpaired) electrons. The van der Waals surface area contributed by atoms with Gasteiger partial charge in [0, 0.05) is 30.4 Å². The van der Waals surface area contributed by atoms with E-state index in [0.29, 0.717) is 57.9 Å². The van der Waals surface area contributed by atoms with E-state index in [0.717, 1.165) is 0 Å². The quantitative estimate of drug-likeness (QED) is 0.443. The summed E-state index contributed by atoms with van der Waals surface area (Å²) in [5, 5.41) is 10.7. The van der Waals surface area contributed by atoms with Gasteiger partial charge in [-0.3, -0.25) is 9.59 Å². The predicted molar refractivity (Wildman–Crippen MR) is 137 cm³/mol. The highest BCUT2D eigenvalue weighted by Crippen LogP contribution is 2.43. The lowest BCUT2D eigenvalue weighted by atomic mass is 9.82. The highest BCUT2D eigenvalue weighted by molar-refractivity contribution is 5.77. The van der Waals surface area contributed by atoms with Crippen LogP contribution in [0.5, 0.6) is 17.2 Å². The average molecular weight is 510 g/mol. The lowest BCUT2D eigenvalue weighted by Gasteiger charge is -2.34. The van der Waals surface area contributed by atoms with Gasteiger partial charge in [0.15, 0.2) is 0 Å². The molecule has 8 heteroatoms. The predicted octanol–water partition coefficient (Wildman–Crippen LogP) is 5.16. The van der Waals surface area contributed by atoms with E-state index in [1.165, 1.54) is 29.9 Å². The topological polar surface area (TPSA) is 87.0 Å². The molecule has 1 aliphatic carbocycles. The van der Waals surface area contributed by atoms with Crippen molar-refractivity contribution in [2.24, 2.45) is 13.0 Å². The fraction of sp³-hybridized carbons (Fsp3) is 0.379. The summed E-state index contributed by atoms with van der Waals surface area (Å²) in [4.78, 5) is 24.4. The maximum atomic E-state index is 13.9. The van der Waals surface area contributed by atoms with Gasteiger partial charge in [-0.15, -0.1) is 0 Å². The highest BCUT2D eigenvalue weighted by Gasteiger charge is 2.37. The number of nitrogens with zero attached hydrogens (tertiary/aromatic N) is 1. The number of aryl methyl sites for hydroxylation is 3. The third-order valence-electron chi connectivity index (χ3n) is 6.73. The molecule has 1 saturated carbocycles. The van der Waals surface area contributed by atoms with Gasteiger partial charge in [-0.05, 0) is 81.5 Å². The molecule has 0 atom stereocenters. The Labute approximate surface area is 215 Å². The number of carbonyl (C=O) groups excluding carboxylic acids is 1. The monoisotopic (exact) mass is 509 g/mol. The molecule has 0 spiro atoms. The van der Waals surface area contributed by atoms with E-state index in [1.807, 2.05) is 0 Å². The lowest BCUT2D eigenvalue weighted by molar-refractivity contribution is -0.151. The Morgan fingerprint density at radius 3 is 2.30 bits per heavy atom. The van der Waals surface area contributed by atoms with Crippen molar-refractivity contribution in [3.63, 3.8) is 0 Å². The van der Waals surface area contributed by atoms with Crippen molar-refractivity contribution in [3.8, 4) is 28.4 Å². The van der Waals surface area contributed by atoms with Crippen LogP contribution in [0, 0.1) is 25.6 Å². The van der Waals surface area contributed by atoms with Gasteiger partial charge in [-0.1, -0.05) is 6.07 Å². The third-order valence-corrected chi connectivity index (χ3v) is 6.73. The molecular formula is C29H32FNO6. The molecule has 196 valence electrons. The summed E-state index contributed by atoms with van der Waals surface area (Å²) in [6, 6.07) is 9.54. The average Bonchev–Trinajstić information content (AvgIpc) is 2.79. The number of rotatable bonds is 7. The van der Waals surface area contributed by atoms with Crippen LogP contribution in [0.15, 0.2) is 47.4 Å². The number of pyridine rings is 1. The summed E-state index contributed by atoms with van der Waals surface area (Å²) >= 11 is 0. The van der Waals surface area contributed by atoms with E-state index in [4.69, 9.17) is 14.2 Å². The summed E-state index contributed by atoms with van der Waals surface area (Å²) in [5.41, 5.74) is 1.69. The van der Waals surface area contributed by atoms with Gasteiger partial charge >= 0.3 is 5.97 Å². The normalized spacial score (nSPS) is 17.2. The lowest BCUT2D eigenvalue weighted by Crippen LogP contribution is -2.39. The van der Waals surface area contributed by atoms with Gasteiger partial charge < -0.3 is 23.9 Å². The second-order valence-electron chi connectivity index (χ2n) is 10.2. The summed E-state index contributed by atoms with van der Waals surface area (Å²) < 4.78 is 32.7. The minimum atomic E-state index is -1.14. The molecule has 0 unspecified atom stereocenters. The number of esters is 1. The number of ether oxygens (including phenoxy) is 3. The first-order valence-corrected chi connectivity index (χ1v) is 12.1. The van der Waals surface area contributed by atoms with Crippen LogP contribution in [0.3, 0.4) is 0 Å². The molecule has 1 aromatic heterocycles. The standard InChI is InChI=1S/C29H32FNO6/c1-16-9-20(30)10-17(2)27(16)37-24-8-7-19(29(3,4)34)13-22(24)23-15-31(5)26(32)14-25(23)36-21-11-18(12-21)28(33)35-6/h7-10,13-15,18,21,34H,11-12H2,1-6H3. The van der Waals surface area contributed by atoms with Crippen LogP contribution in [0.25, 0.3) is 11.1 Å². The summed E-state index contributed by atoms with van der Waals surface area (Å²) in [6.45, 7) is 6.90. The van der Waals surface area contributed by atoms with E-state index in [2.05, 4.69) is 0 Å². The Morgan fingerprint density at radius 2 is 1.70 bits per heavy atom. The number of hydrogen-bond acceptors (Lipinski definition) is 6. The van der Waals surface area contributed by atoms with E-state index < -0.39 is 5.60 Å². The highest BCUT2D eigenvalue weighted by atomic mass is 19.1. The Bertz CT molecular complexity index is 1380. The first-order chi connectivity index (χ1) is 17.4. The molecule has 2 aromatic carbocycles. The Hall–Kier alpha value is -3.65. The number of carbonyl (C=O) groups is 1. The number of methoxy groups -OCH3 is 1. The molecule has 37 heavy (non-hydrogen) atoms. The zero-order chi connectivity index (χ0) is 27.1. The molecule has 1 heterocycles. The van der Waals surface area contributed by atoms with Gasteiger partial charge in [0.05, 0.1) is 18.6 Å². The molecule has 0 aliphatic heterocycles. The van der Waals surface area contributed by atoms with Crippen LogP contribution in [0.1, 0.15) is 43.4 Å². The van der Waals surface area contributed by atoms with Crippen LogP contribution in [-0.2, 0) is 22.2 Å². The molecule has 1 aliphatic rings. The Morgan fingerprint density at radius 1 is 1.05 bits per heavy atom. The number of aliphatic hydroxyl groups is 1. The summed E-state index contributed by atoms with van der Waals surface area (Å²) in [7, 11) is 3.00. The summed E-state index contributed by atoms with van der Waals surface area (Å²) in [5.74, 6) is 0.469. The van der Waals surface area contributed by atoms with Gasteiger partial charge in [-0.2, -0.15) is 0 Å². The second kappa shape index (κ2) is 10.0. The maximum absolute atomic E-state index is 13.9. The first kappa shape index (κ1) is 26.4. The zero-order valence-corrected chi connectivity index (χ0v) is 21.9. The van der Waals surface area contributed by atoms with Crippen molar-refractivity contribution in [1.82, 2.24) is 4.57 Å². The molecule has 4 rings (SSSR count). The largest absolute Gasteiger partial charge is 0.489 e. The smallest absolute Gasteiger partial charge is 0.308 e. The molecule has 0 saturated heterocycles. The molecular weight excluding hydrogens is 477 g/mol. The molecule has 1 N–H and O–H groups in total. The van der Waals surface area contributed by atoms with Gasteiger partial charge in [0.25, 0.3) is 5.56 Å². The zero-order valence-electron chi connectivity index (χ0n) is 21.9. The molecule has 1 fully saturated rings. The van der Waals surface area contributed by atoms with Crippen LogP contribution in [-0.4, -0.2) is 28.9 Å².